The maximum atomic E-state index is 5.75. The zero-order chi connectivity index (χ0) is 12.4. The summed E-state index contributed by atoms with van der Waals surface area (Å²) in [5, 5.41) is 3.29. The molecular formula is C15H17NO2. The third-order valence-corrected chi connectivity index (χ3v) is 3.21. The zero-order valence-corrected chi connectivity index (χ0v) is 10.4. The van der Waals surface area contributed by atoms with Crippen molar-refractivity contribution in [3.63, 3.8) is 0 Å². The average molecular weight is 243 g/mol. The van der Waals surface area contributed by atoms with E-state index >= 15 is 0 Å². The van der Waals surface area contributed by atoms with Crippen LogP contribution >= 0.6 is 0 Å². The van der Waals surface area contributed by atoms with Gasteiger partial charge in [0, 0.05) is 5.56 Å². The van der Waals surface area contributed by atoms with Crippen molar-refractivity contribution in [3.05, 3.63) is 54.0 Å². The number of ether oxygens (including phenoxy) is 1. The fourth-order valence-electron chi connectivity index (χ4n) is 2.08. The first kappa shape index (κ1) is 11.4. The molecule has 0 spiro atoms. The Labute approximate surface area is 107 Å². The number of benzene rings is 1. The molecule has 18 heavy (non-hydrogen) atoms. The minimum Gasteiger partial charge on any atom is -0.490 e. The lowest BCUT2D eigenvalue weighted by Gasteiger charge is -2.15. The second kappa shape index (κ2) is 4.86. The van der Waals surface area contributed by atoms with Crippen LogP contribution in [0.4, 0.5) is 0 Å². The Balaban J connectivity index is 1.77. The van der Waals surface area contributed by atoms with Crippen molar-refractivity contribution in [1.82, 2.24) is 5.32 Å². The van der Waals surface area contributed by atoms with Crippen molar-refractivity contribution in [2.45, 2.75) is 25.0 Å². The molecule has 1 aliphatic rings. The molecule has 0 amide bonds. The zero-order valence-electron chi connectivity index (χ0n) is 10.4. The Morgan fingerprint density at radius 2 is 1.94 bits per heavy atom. The number of rotatable bonds is 5. The lowest BCUT2D eigenvalue weighted by atomic mass is 10.0. The SMILES string of the molecule is CNC(c1ccc(OC2CC2)cc1)c1ccoc1. The molecule has 1 unspecified atom stereocenters. The molecule has 1 aliphatic carbocycles. The summed E-state index contributed by atoms with van der Waals surface area (Å²) < 4.78 is 10.9. The Hall–Kier alpha value is -1.74. The Morgan fingerprint density at radius 1 is 1.17 bits per heavy atom. The molecule has 0 saturated heterocycles. The van der Waals surface area contributed by atoms with Crippen molar-refractivity contribution >= 4 is 0 Å². The Morgan fingerprint density at radius 3 is 2.50 bits per heavy atom. The van der Waals surface area contributed by atoms with Gasteiger partial charge in [-0.1, -0.05) is 12.1 Å². The average Bonchev–Trinajstić information content (AvgIpc) is 3.05. The van der Waals surface area contributed by atoms with Crippen LogP contribution < -0.4 is 10.1 Å². The van der Waals surface area contributed by atoms with Crippen molar-refractivity contribution in [2.24, 2.45) is 0 Å². The van der Waals surface area contributed by atoms with Crippen LogP contribution in [-0.4, -0.2) is 13.2 Å². The van der Waals surface area contributed by atoms with E-state index in [1.165, 1.54) is 18.4 Å². The molecule has 1 aromatic carbocycles. The smallest absolute Gasteiger partial charge is 0.119 e. The van der Waals surface area contributed by atoms with E-state index < -0.39 is 0 Å². The predicted molar refractivity (Wildman–Crippen MR) is 69.7 cm³/mol. The van der Waals surface area contributed by atoms with Crippen molar-refractivity contribution < 1.29 is 9.15 Å². The predicted octanol–water partition coefficient (Wildman–Crippen LogP) is 3.13. The van der Waals surface area contributed by atoms with E-state index in [1.54, 1.807) is 12.5 Å². The first-order valence-corrected chi connectivity index (χ1v) is 6.33. The van der Waals surface area contributed by atoms with Gasteiger partial charge in [0.2, 0.25) is 0 Å². The molecule has 3 nitrogen and oxygen atoms in total. The minimum atomic E-state index is 0.165. The Bertz CT molecular complexity index is 486. The molecule has 0 bridgehead atoms. The van der Waals surface area contributed by atoms with Gasteiger partial charge in [-0.05, 0) is 43.7 Å². The molecule has 3 heteroatoms. The molecule has 1 heterocycles. The van der Waals surface area contributed by atoms with Crippen LogP contribution in [0, 0.1) is 0 Å². The molecule has 1 N–H and O–H groups in total. The molecule has 0 aliphatic heterocycles. The van der Waals surface area contributed by atoms with Crippen LogP contribution in [0.2, 0.25) is 0 Å². The summed E-state index contributed by atoms with van der Waals surface area (Å²) in [6, 6.07) is 10.4. The number of hydrogen-bond acceptors (Lipinski definition) is 3. The van der Waals surface area contributed by atoms with E-state index in [0.717, 1.165) is 11.3 Å². The highest BCUT2D eigenvalue weighted by molar-refractivity contribution is 5.34. The molecule has 1 saturated carbocycles. The van der Waals surface area contributed by atoms with Crippen LogP contribution in [0.5, 0.6) is 5.75 Å². The van der Waals surface area contributed by atoms with E-state index in [0.29, 0.717) is 6.10 Å². The fourth-order valence-corrected chi connectivity index (χ4v) is 2.08. The lowest BCUT2D eigenvalue weighted by molar-refractivity contribution is 0.303. The summed E-state index contributed by atoms with van der Waals surface area (Å²) in [5.41, 5.74) is 2.34. The quantitative estimate of drug-likeness (QED) is 0.876. The summed E-state index contributed by atoms with van der Waals surface area (Å²) in [5.74, 6) is 0.961. The maximum Gasteiger partial charge on any atom is 0.119 e. The van der Waals surface area contributed by atoms with Gasteiger partial charge >= 0.3 is 0 Å². The van der Waals surface area contributed by atoms with E-state index in [-0.39, 0.29) is 6.04 Å². The third-order valence-electron chi connectivity index (χ3n) is 3.21. The van der Waals surface area contributed by atoms with E-state index in [1.807, 2.05) is 25.2 Å². The second-order valence-electron chi connectivity index (χ2n) is 4.66. The monoisotopic (exact) mass is 243 g/mol. The van der Waals surface area contributed by atoms with Gasteiger partial charge < -0.3 is 14.5 Å². The van der Waals surface area contributed by atoms with E-state index in [4.69, 9.17) is 9.15 Å². The van der Waals surface area contributed by atoms with Gasteiger partial charge in [0.05, 0.1) is 24.7 Å². The molecule has 1 fully saturated rings. The van der Waals surface area contributed by atoms with Crippen molar-refractivity contribution in [3.8, 4) is 5.75 Å². The molecular weight excluding hydrogens is 226 g/mol. The number of nitrogens with one attached hydrogen (secondary N) is 1. The van der Waals surface area contributed by atoms with Crippen LogP contribution in [0.1, 0.15) is 30.0 Å². The van der Waals surface area contributed by atoms with Crippen LogP contribution in [0.3, 0.4) is 0 Å². The Kier molecular flexibility index (Phi) is 3.07. The number of hydrogen-bond donors (Lipinski definition) is 1. The van der Waals surface area contributed by atoms with Crippen LogP contribution in [-0.2, 0) is 0 Å². The first-order chi connectivity index (χ1) is 8.86. The molecule has 1 aromatic heterocycles. The summed E-state index contributed by atoms with van der Waals surface area (Å²) in [7, 11) is 1.95. The molecule has 2 aromatic rings. The van der Waals surface area contributed by atoms with Gasteiger partial charge in [0.15, 0.2) is 0 Å². The van der Waals surface area contributed by atoms with E-state index in [9.17, 15) is 0 Å². The molecule has 3 rings (SSSR count). The second-order valence-corrected chi connectivity index (χ2v) is 4.66. The van der Waals surface area contributed by atoms with Crippen LogP contribution in [0.15, 0.2) is 47.3 Å². The highest BCUT2D eigenvalue weighted by atomic mass is 16.5. The van der Waals surface area contributed by atoms with Gasteiger partial charge in [0.1, 0.15) is 5.75 Å². The highest BCUT2D eigenvalue weighted by Gasteiger charge is 2.23. The standard InChI is InChI=1S/C15H17NO2/c1-16-15(12-8-9-17-10-12)11-2-4-13(5-3-11)18-14-6-7-14/h2-5,8-10,14-16H,6-7H2,1H3. The molecule has 0 radical (unpaired) electrons. The van der Waals surface area contributed by atoms with E-state index in [2.05, 4.69) is 17.4 Å². The lowest BCUT2D eigenvalue weighted by Crippen LogP contribution is -2.16. The normalized spacial score (nSPS) is 16.5. The highest BCUT2D eigenvalue weighted by Crippen LogP contribution is 2.28. The minimum absolute atomic E-state index is 0.165. The van der Waals surface area contributed by atoms with Gasteiger partial charge in [0.25, 0.3) is 0 Å². The summed E-state index contributed by atoms with van der Waals surface area (Å²) >= 11 is 0. The van der Waals surface area contributed by atoms with Gasteiger partial charge in [-0.25, -0.2) is 0 Å². The van der Waals surface area contributed by atoms with Gasteiger partial charge in [-0.2, -0.15) is 0 Å². The van der Waals surface area contributed by atoms with Gasteiger partial charge in [-0.15, -0.1) is 0 Å². The van der Waals surface area contributed by atoms with Crippen LogP contribution in [0.25, 0.3) is 0 Å². The van der Waals surface area contributed by atoms with Crippen molar-refractivity contribution in [1.29, 1.82) is 0 Å². The number of furan rings is 1. The van der Waals surface area contributed by atoms with Gasteiger partial charge in [-0.3, -0.25) is 0 Å². The molecule has 94 valence electrons. The first-order valence-electron chi connectivity index (χ1n) is 6.33. The summed E-state index contributed by atoms with van der Waals surface area (Å²) in [6.07, 6.45) is 6.30. The summed E-state index contributed by atoms with van der Waals surface area (Å²) in [6.45, 7) is 0. The molecule has 1 atom stereocenters. The fraction of sp³-hybridized carbons (Fsp3) is 0.333. The third kappa shape index (κ3) is 2.41. The largest absolute Gasteiger partial charge is 0.490 e. The maximum absolute atomic E-state index is 5.75. The topological polar surface area (TPSA) is 34.4 Å². The summed E-state index contributed by atoms with van der Waals surface area (Å²) in [4.78, 5) is 0. The van der Waals surface area contributed by atoms with Crippen molar-refractivity contribution in [2.75, 3.05) is 7.05 Å².